The average molecular weight is 312 g/mol. The third-order valence-electron chi connectivity index (χ3n) is 3.76. The smallest absolute Gasteiger partial charge is 0.179 e. The van der Waals surface area contributed by atoms with E-state index in [-0.39, 0.29) is 0 Å². The molecular formula is C12H14BrN3S. The lowest BCUT2D eigenvalue weighted by Crippen LogP contribution is -2.23. The monoisotopic (exact) mass is 311 g/mol. The fraction of sp³-hybridized carbons (Fsp3) is 0.500. The third kappa shape index (κ3) is 1.85. The summed E-state index contributed by atoms with van der Waals surface area (Å²) in [7, 11) is 0. The number of aromatic amines is 1. The largest absolute Gasteiger partial charge is 0.329 e. The second-order valence-corrected chi connectivity index (χ2v) is 6.06. The Bertz CT molecular complexity index is 612. The molecule has 2 heterocycles. The molecule has 17 heavy (non-hydrogen) atoms. The lowest BCUT2D eigenvalue weighted by molar-refractivity contribution is 0.224. The van der Waals surface area contributed by atoms with E-state index in [9.17, 15) is 0 Å². The van der Waals surface area contributed by atoms with Crippen LogP contribution in [0.3, 0.4) is 0 Å². The number of H-pyrrole nitrogens is 1. The minimum Gasteiger partial charge on any atom is -0.329 e. The molecule has 0 aliphatic heterocycles. The summed E-state index contributed by atoms with van der Waals surface area (Å²) in [5.41, 5.74) is 1.98. The predicted molar refractivity (Wildman–Crippen MR) is 74.7 cm³/mol. The van der Waals surface area contributed by atoms with Crippen LogP contribution in [0.1, 0.15) is 32.2 Å². The molecule has 0 radical (unpaired) electrons. The van der Waals surface area contributed by atoms with E-state index in [0.717, 1.165) is 26.3 Å². The fourth-order valence-corrected chi connectivity index (χ4v) is 3.19. The highest BCUT2D eigenvalue weighted by Crippen LogP contribution is 2.37. The molecule has 5 heteroatoms. The van der Waals surface area contributed by atoms with E-state index in [4.69, 9.17) is 12.2 Å². The topological polar surface area (TPSA) is 33.6 Å². The molecule has 1 aliphatic carbocycles. The molecular weight excluding hydrogens is 298 g/mol. The Morgan fingerprint density at radius 1 is 1.59 bits per heavy atom. The van der Waals surface area contributed by atoms with Gasteiger partial charge in [-0.15, -0.1) is 0 Å². The Labute approximate surface area is 113 Å². The number of nitrogens with one attached hydrogen (secondary N) is 1. The molecule has 1 saturated carbocycles. The van der Waals surface area contributed by atoms with Gasteiger partial charge in [-0.1, -0.05) is 6.42 Å². The normalized spacial score (nSPS) is 18.2. The third-order valence-corrected chi connectivity index (χ3v) is 4.49. The Morgan fingerprint density at radius 2 is 2.35 bits per heavy atom. The van der Waals surface area contributed by atoms with Crippen LogP contribution in [0.2, 0.25) is 0 Å². The van der Waals surface area contributed by atoms with E-state index >= 15 is 0 Å². The van der Waals surface area contributed by atoms with Crippen LogP contribution >= 0.6 is 28.1 Å². The van der Waals surface area contributed by atoms with Gasteiger partial charge in [-0.2, -0.15) is 0 Å². The number of hydrogen-bond acceptors (Lipinski definition) is 2. The zero-order valence-electron chi connectivity index (χ0n) is 9.61. The summed E-state index contributed by atoms with van der Waals surface area (Å²) in [4.78, 5) is 7.72. The van der Waals surface area contributed by atoms with Gasteiger partial charge < -0.3 is 4.98 Å². The van der Waals surface area contributed by atoms with Gasteiger partial charge in [0.25, 0.3) is 0 Å². The quantitative estimate of drug-likeness (QED) is 0.843. The molecule has 2 aromatic rings. The second kappa shape index (κ2) is 4.21. The molecule has 0 amide bonds. The molecule has 0 bridgehead atoms. The Morgan fingerprint density at radius 3 is 3.00 bits per heavy atom. The first-order valence-electron chi connectivity index (χ1n) is 5.92. The van der Waals surface area contributed by atoms with Crippen molar-refractivity contribution in [1.82, 2.24) is 14.5 Å². The van der Waals surface area contributed by atoms with E-state index in [1.165, 1.54) is 19.3 Å². The maximum absolute atomic E-state index is 5.42. The van der Waals surface area contributed by atoms with E-state index < -0.39 is 0 Å². The number of nitrogens with zero attached hydrogens (tertiary/aromatic N) is 2. The minimum atomic E-state index is 0.443. The van der Waals surface area contributed by atoms with Gasteiger partial charge in [0.1, 0.15) is 0 Å². The van der Waals surface area contributed by atoms with Crippen molar-refractivity contribution in [3.63, 3.8) is 0 Å². The maximum Gasteiger partial charge on any atom is 0.179 e. The van der Waals surface area contributed by atoms with Crippen LogP contribution in [0.5, 0.6) is 0 Å². The van der Waals surface area contributed by atoms with E-state index in [2.05, 4.69) is 37.4 Å². The number of halogens is 1. The Kier molecular flexibility index (Phi) is 2.83. The highest BCUT2D eigenvalue weighted by Gasteiger charge is 2.26. The first-order chi connectivity index (χ1) is 8.16. The summed E-state index contributed by atoms with van der Waals surface area (Å²) >= 11 is 8.85. The van der Waals surface area contributed by atoms with Crippen molar-refractivity contribution in [2.45, 2.75) is 32.2 Å². The molecule has 1 fully saturated rings. The highest BCUT2D eigenvalue weighted by molar-refractivity contribution is 9.10. The average Bonchev–Trinajstić information content (AvgIpc) is 2.50. The summed E-state index contributed by atoms with van der Waals surface area (Å²) in [5.74, 6) is 0.756. The lowest BCUT2D eigenvalue weighted by atomic mass is 9.80. The van der Waals surface area contributed by atoms with Gasteiger partial charge in [0.05, 0.1) is 5.52 Å². The molecule has 3 rings (SSSR count). The molecule has 3 nitrogen and oxygen atoms in total. The van der Waals surface area contributed by atoms with Gasteiger partial charge in [-0.25, -0.2) is 4.98 Å². The summed E-state index contributed by atoms with van der Waals surface area (Å²) in [6.45, 7) is 2.25. The SMILES string of the molecule is CC(C1CCC1)n1c(=S)[nH]c2cc(Br)cnc21. The van der Waals surface area contributed by atoms with Crippen LogP contribution in [0.15, 0.2) is 16.7 Å². The van der Waals surface area contributed by atoms with Crippen LogP contribution in [0.25, 0.3) is 11.2 Å². The Hall–Kier alpha value is -0.680. The van der Waals surface area contributed by atoms with Gasteiger partial charge >= 0.3 is 0 Å². The van der Waals surface area contributed by atoms with E-state index in [0.29, 0.717) is 6.04 Å². The van der Waals surface area contributed by atoms with E-state index in [1.807, 2.05) is 12.3 Å². The van der Waals surface area contributed by atoms with Crippen LogP contribution in [-0.2, 0) is 0 Å². The number of imidazole rings is 1. The number of fused-ring (bicyclic) bond motifs is 1. The van der Waals surface area contributed by atoms with Crippen LogP contribution in [0, 0.1) is 10.7 Å². The zero-order valence-corrected chi connectivity index (χ0v) is 12.0. The Balaban J connectivity index is 2.14. The lowest BCUT2D eigenvalue weighted by Gasteiger charge is -2.32. The standard InChI is InChI=1S/C12H14BrN3S/c1-7(8-3-2-4-8)16-11-10(15-12(16)17)5-9(13)6-14-11/h5-8H,2-4H2,1H3,(H,15,17). The van der Waals surface area contributed by atoms with Gasteiger partial charge in [0.15, 0.2) is 10.4 Å². The van der Waals surface area contributed by atoms with Crippen LogP contribution in [-0.4, -0.2) is 14.5 Å². The van der Waals surface area contributed by atoms with Gasteiger partial charge in [-0.05, 0) is 59.9 Å². The molecule has 2 aromatic heterocycles. The number of hydrogen-bond donors (Lipinski definition) is 1. The van der Waals surface area contributed by atoms with Crippen molar-refractivity contribution in [2.75, 3.05) is 0 Å². The molecule has 0 spiro atoms. The van der Waals surface area contributed by atoms with E-state index in [1.54, 1.807) is 0 Å². The van der Waals surface area contributed by atoms with Gasteiger partial charge in [-0.3, -0.25) is 4.57 Å². The van der Waals surface area contributed by atoms with Crippen molar-refractivity contribution in [3.05, 3.63) is 21.5 Å². The summed E-state index contributed by atoms with van der Waals surface area (Å²) in [6, 6.07) is 2.47. The molecule has 0 saturated heterocycles. The second-order valence-electron chi connectivity index (χ2n) is 4.76. The molecule has 1 unspecified atom stereocenters. The summed E-state index contributed by atoms with van der Waals surface area (Å²) in [6.07, 6.45) is 5.80. The van der Waals surface area contributed by atoms with Crippen molar-refractivity contribution < 1.29 is 0 Å². The van der Waals surface area contributed by atoms with Crippen LogP contribution in [0.4, 0.5) is 0 Å². The first-order valence-corrected chi connectivity index (χ1v) is 7.12. The molecule has 1 aliphatic rings. The number of rotatable bonds is 2. The van der Waals surface area contributed by atoms with Gasteiger partial charge in [0.2, 0.25) is 0 Å². The first kappa shape index (κ1) is 11.4. The molecule has 1 atom stereocenters. The molecule has 90 valence electrons. The summed E-state index contributed by atoms with van der Waals surface area (Å²) in [5, 5.41) is 0. The van der Waals surface area contributed by atoms with Crippen molar-refractivity contribution in [3.8, 4) is 0 Å². The van der Waals surface area contributed by atoms with Crippen molar-refractivity contribution in [1.29, 1.82) is 0 Å². The minimum absolute atomic E-state index is 0.443. The fourth-order valence-electron chi connectivity index (χ4n) is 2.50. The highest BCUT2D eigenvalue weighted by atomic mass is 79.9. The van der Waals surface area contributed by atoms with Gasteiger partial charge in [0, 0.05) is 16.7 Å². The molecule has 0 aromatic carbocycles. The van der Waals surface area contributed by atoms with Crippen LogP contribution < -0.4 is 0 Å². The van der Waals surface area contributed by atoms with Crippen molar-refractivity contribution in [2.24, 2.45) is 5.92 Å². The maximum atomic E-state index is 5.42. The number of aromatic nitrogens is 3. The van der Waals surface area contributed by atoms with Crippen molar-refractivity contribution >= 4 is 39.3 Å². The predicted octanol–water partition coefficient (Wildman–Crippen LogP) is 4.22. The molecule has 1 N–H and O–H groups in total. The number of pyridine rings is 1. The summed E-state index contributed by atoms with van der Waals surface area (Å²) < 4.78 is 3.93. The zero-order chi connectivity index (χ0) is 12.0.